The minimum Gasteiger partial charge on any atom is -0.489 e. The highest BCUT2D eigenvalue weighted by Crippen LogP contribution is 2.17. The lowest BCUT2D eigenvalue weighted by molar-refractivity contribution is -0.116. The van der Waals surface area contributed by atoms with Gasteiger partial charge >= 0.3 is 0 Å². The van der Waals surface area contributed by atoms with E-state index in [-0.39, 0.29) is 11.7 Å². The highest BCUT2D eigenvalue weighted by Gasteiger charge is 2.03. The SMILES string of the molecule is O=C(CCNCCc1ccc(F)cc1)Nc1ccc(OCc2ccccc2)cc1. The van der Waals surface area contributed by atoms with Crippen LogP contribution in [0.4, 0.5) is 10.1 Å². The summed E-state index contributed by atoms with van der Waals surface area (Å²) in [4.78, 5) is 12.1. The summed E-state index contributed by atoms with van der Waals surface area (Å²) in [6, 6.07) is 23.8. The molecule has 1 amide bonds. The zero-order chi connectivity index (χ0) is 20.3. The van der Waals surface area contributed by atoms with Crippen LogP contribution in [0.5, 0.6) is 5.75 Å². The van der Waals surface area contributed by atoms with E-state index in [0.717, 1.165) is 35.5 Å². The summed E-state index contributed by atoms with van der Waals surface area (Å²) in [6.07, 6.45) is 1.18. The van der Waals surface area contributed by atoms with E-state index in [1.807, 2.05) is 54.6 Å². The molecule has 0 aromatic heterocycles. The molecule has 0 fully saturated rings. The molecule has 0 aliphatic rings. The normalized spacial score (nSPS) is 10.5. The average Bonchev–Trinajstić information content (AvgIpc) is 2.75. The van der Waals surface area contributed by atoms with Crippen molar-refractivity contribution in [1.82, 2.24) is 5.32 Å². The lowest BCUT2D eigenvalue weighted by Crippen LogP contribution is -2.23. The van der Waals surface area contributed by atoms with Crippen LogP contribution in [0.3, 0.4) is 0 Å². The van der Waals surface area contributed by atoms with Crippen molar-refractivity contribution < 1.29 is 13.9 Å². The van der Waals surface area contributed by atoms with Crippen LogP contribution in [0.1, 0.15) is 17.5 Å². The third-order valence-corrected chi connectivity index (χ3v) is 4.42. The predicted octanol–water partition coefficient (Wildman–Crippen LogP) is 4.57. The molecule has 0 saturated carbocycles. The Morgan fingerprint density at radius 3 is 2.28 bits per heavy atom. The number of hydrogen-bond donors (Lipinski definition) is 2. The maximum atomic E-state index is 12.9. The van der Waals surface area contributed by atoms with Crippen LogP contribution in [0, 0.1) is 5.82 Å². The minimum absolute atomic E-state index is 0.0442. The Labute approximate surface area is 170 Å². The number of carbonyl (C=O) groups excluding carboxylic acids is 1. The van der Waals surface area contributed by atoms with E-state index in [2.05, 4.69) is 10.6 Å². The third-order valence-electron chi connectivity index (χ3n) is 4.42. The number of amides is 1. The number of anilines is 1. The van der Waals surface area contributed by atoms with Crippen molar-refractivity contribution in [3.63, 3.8) is 0 Å². The van der Waals surface area contributed by atoms with Crippen LogP contribution in [0.15, 0.2) is 78.9 Å². The lowest BCUT2D eigenvalue weighted by Gasteiger charge is -2.09. The first-order chi connectivity index (χ1) is 14.2. The van der Waals surface area contributed by atoms with Crippen molar-refractivity contribution in [2.75, 3.05) is 18.4 Å². The molecule has 29 heavy (non-hydrogen) atoms. The van der Waals surface area contributed by atoms with Gasteiger partial charge in [0, 0.05) is 18.7 Å². The number of rotatable bonds is 10. The second kappa shape index (κ2) is 11.0. The number of benzene rings is 3. The second-order valence-corrected chi connectivity index (χ2v) is 6.72. The van der Waals surface area contributed by atoms with E-state index in [1.165, 1.54) is 12.1 Å². The van der Waals surface area contributed by atoms with Crippen molar-refractivity contribution in [2.24, 2.45) is 0 Å². The number of halogens is 1. The van der Waals surface area contributed by atoms with Gasteiger partial charge in [-0.25, -0.2) is 4.39 Å². The van der Waals surface area contributed by atoms with Crippen molar-refractivity contribution >= 4 is 11.6 Å². The van der Waals surface area contributed by atoms with Gasteiger partial charge in [-0.2, -0.15) is 0 Å². The molecule has 0 atom stereocenters. The average molecular weight is 392 g/mol. The molecule has 0 saturated heterocycles. The van der Waals surface area contributed by atoms with Gasteiger partial charge in [-0.05, 0) is 60.5 Å². The molecule has 0 radical (unpaired) electrons. The Kier molecular flexibility index (Phi) is 7.78. The Hall–Kier alpha value is -3.18. The molecule has 0 unspecified atom stereocenters. The van der Waals surface area contributed by atoms with Gasteiger partial charge in [0.1, 0.15) is 18.2 Å². The van der Waals surface area contributed by atoms with Crippen LogP contribution in [0.2, 0.25) is 0 Å². The van der Waals surface area contributed by atoms with Crippen LogP contribution in [-0.2, 0) is 17.8 Å². The Balaban J connectivity index is 1.32. The second-order valence-electron chi connectivity index (χ2n) is 6.72. The molecule has 0 aliphatic carbocycles. The van der Waals surface area contributed by atoms with Crippen molar-refractivity contribution in [2.45, 2.75) is 19.4 Å². The number of nitrogens with one attached hydrogen (secondary N) is 2. The third kappa shape index (κ3) is 7.39. The maximum absolute atomic E-state index is 12.9. The monoisotopic (exact) mass is 392 g/mol. The van der Waals surface area contributed by atoms with Crippen LogP contribution >= 0.6 is 0 Å². The Morgan fingerprint density at radius 1 is 0.828 bits per heavy atom. The fraction of sp³-hybridized carbons (Fsp3) is 0.208. The van der Waals surface area contributed by atoms with Crippen LogP contribution in [-0.4, -0.2) is 19.0 Å². The Morgan fingerprint density at radius 2 is 1.55 bits per heavy atom. The molecule has 2 N–H and O–H groups in total. The number of carbonyl (C=O) groups is 1. The van der Waals surface area contributed by atoms with Gasteiger partial charge in [0.05, 0.1) is 0 Å². The molecule has 3 rings (SSSR count). The summed E-state index contributed by atoms with van der Waals surface area (Å²) in [5.74, 6) is 0.487. The van der Waals surface area contributed by atoms with Gasteiger partial charge in [-0.1, -0.05) is 42.5 Å². The topological polar surface area (TPSA) is 50.4 Å². The first-order valence-corrected chi connectivity index (χ1v) is 9.71. The van der Waals surface area contributed by atoms with Crippen molar-refractivity contribution in [1.29, 1.82) is 0 Å². The summed E-state index contributed by atoms with van der Waals surface area (Å²) >= 11 is 0. The summed E-state index contributed by atoms with van der Waals surface area (Å²) < 4.78 is 18.6. The van der Waals surface area contributed by atoms with Crippen molar-refractivity contribution in [3.05, 3.63) is 95.8 Å². The number of ether oxygens (including phenoxy) is 1. The smallest absolute Gasteiger partial charge is 0.225 e. The standard InChI is InChI=1S/C24H25FN2O2/c25-21-8-6-19(7-9-21)14-16-26-17-15-24(28)27-22-10-12-23(13-11-22)29-18-20-4-2-1-3-5-20/h1-13,26H,14-18H2,(H,27,28). The molecule has 0 bridgehead atoms. The summed E-state index contributed by atoms with van der Waals surface area (Å²) in [6.45, 7) is 1.84. The van der Waals surface area contributed by atoms with E-state index in [1.54, 1.807) is 12.1 Å². The van der Waals surface area contributed by atoms with Crippen molar-refractivity contribution in [3.8, 4) is 5.75 Å². The van der Waals surface area contributed by atoms with Crippen LogP contribution in [0.25, 0.3) is 0 Å². The maximum Gasteiger partial charge on any atom is 0.225 e. The highest BCUT2D eigenvalue weighted by atomic mass is 19.1. The fourth-order valence-electron chi connectivity index (χ4n) is 2.81. The van der Waals surface area contributed by atoms with Gasteiger partial charge in [0.25, 0.3) is 0 Å². The van der Waals surface area contributed by atoms with E-state index in [9.17, 15) is 9.18 Å². The van der Waals surface area contributed by atoms with Gasteiger partial charge in [-0.3, -0.25) is 4.79 Å². The fourth-order valence-corrected chi connectivity index (χ4v) is 2.81. The molecule has 4 nitrogen and oxygen atoms in total. The highest BCUT2D eigenvalue weighted by molar-refractivity contribution is 5.90. The van der Waals surface area contributed by atoms with Crippen LogP contribution < -0.4 is 15.4 Å². The van der Waals surface area contributed by atoms with Gasteiger partial charge in [-0.15, -0.1) is 0 Å². The molecule has 0 aliphatic heterocycles. The molecular formula is C24H25FN2O2. The lowest BCUT2D eigenvalue weighted by atomic mass is 10.1. The zero-order valence-electron chi connectivity index (χ0n) is 16.2. The van der Waals surface area contributed by atoms with E-state index in [0.29, 0.717) is 19.6 Å². The van der Waals surface area contributed by atoms with E-state index in [4.69, 9.17) is 4.74 Å². The summed E-state index contributed by atoms with van der Waals surface area (Å²) in [7, 11) is 0. The Bertz CT molecular complexity index is 881. The first-order valence-electron chi connectivity index (χ1n) is 9.71. The van der Waals surface area contributed by atoms with Gasteiger partial charge in [0.2, 0.25) is 5.91 Å². The van der Waals surface area contributed by atoms with E-state index >= 15 is 0 Å². The predicted molar refractivity (Wildman–Crippen MR) is 113 cm³/mol. The van der Waals surface area contributed by atoms with Gasteiger partial charge in [0.15, 0.2) is 0 Å². The molecule has 0 spiro atoms. The summed E-state index contributed by atoms with van der Waals surface area (Å²) in [5.41, 5.74) is 2.92. The zero-order valence-corrected chi connectivity index (χ0v) is 16.2. The molecule has 3 aromatic rings. The minimum atomic E-state index is -0.228. The quantitative estimate of drug-likeness (QED) is 0.497. The summed E-state index contributed by atoms with van der Waals surface area (Å²) in [5, 5.41) is 6.11. The van der Waals surface area contributed by atoms with Gasteiger partial charge < -0.3 is 15.4 Å². The molecular weight excluding hydrogens is 367 g/mol. The molecule has 150 valence electrons. The number of hydrogen-bond acceptors (Lipinski definition) is 3. The molecule has 3 aromatic carbocycles. The first kappa shape index (κ1) is 20.6. The molecule has 0 heterocycles. The van der Waals surface area contributed by atoms with E-state index < -0.39 is 0 Å². The molecule has 5 heteroatoms. The largest absolute Gasteiger partial charge is 0.489 e.